The fourth-order valence-corrected chi connectivity index (χ4v) is 3.60. The Hall–Kier alpha value is -5.30. The lowest BCUT2D eigenvalue weighted by molar-refractivity contribution is 0.0599. The smallest absolute Gasteiger partial charge is 0.353 e. The number of fused-ring (bicyclic) bond motifs is 2. The Kier molecular flexibility index (Phi) is 7.82. The molecule has 5 rings (SSSR count). The number of nitrogens with zero attached hydrogens (tertiary/aromatic N) is 4. The summed E-state index contributed by atoms with van der Waals surface area (Å²) in [6.07, 6.45) is 1.11. The second-order valence-electron chi connectivity index (χ2n) is 8.21. The first-order valence-corrected chi connectivity index (χ1v) is 11.5. The molecule has 5 aromatic rings. The fraction of sp³-hybridized carbons (Fsp3) is 0.154. The van der Waals surface area contributed by atoms with Gasteiger partial charge in [0.2, 0.25) is 11.7 Å². The number of hydrogen-bond acceptors (Lipinski definition) is 10. The molecule has 13 heteroatoms. The van der Waals surface area contributed by atoms with Crippen LogP contribution >= 0.6 is 0 Å². The van der Waals surface area contributed by atoms with Crippen molar-refractivity contribution in [3.63, 3.8) is 0 Å². The molecular formula is C26H24N6O7. The maximum Gasteiger partial charge on any atom is 0.353 e. The molecule has 3 heterocycles. The molecule has 13 nitrogen and oxygen atoms in total. The fourth-order valence-electron chi connectivity index (χ4n) is 3.60. The first kappa shape index (κ1) is 26.8. The Balaban J connectivity index is 0.000000247. The number of hydrogen-bond donors (Lipinski definition) is 4. The van der Waals surface area contributed by atoms with Gasteiger partial charge in [-0.15, -0.1) is 0 Å². The third-order valence-corrected chi connectivity index (χ3v) is 5.50. The first-order valence-electron chi connectivity index (χ1n) is 11.5. The number of aromatic nitrogens is 4. The number of methoxy groups -OCH3 is 1. The minimum absolute atomic E-state index is 0.0861. The lowest BCUT2D eigenvalue weighted by Crippen LogP contribution is -2.25. The maximum atomic E-state index is 12.4. The summed E-state index contributed by atoms with van der Waals surface area (Å²) in [5.74, 6) is -2.10. The molecular weight excluding hydrogens is 508 g/mol. The minimum Gasteiger partial charge on any atom is -0.492 e. The Morgan fingerprint density at radius 1 is 1.05 bits per heavy atom. The number of benzene rings is 2. The maximum absolute atomic E-state index is 12.4. The van der Waals surface area contributed by atoms with E-state index in [4.69, 9.17) is 10.2 Å². The predicted molar refractivity (Wildman–Crippen MR) is 137 cm³/mol. The Morgan fingerprint density at radius 2 is 1.77 bits per heavy atom. The monoisotopic (exact) mass is 532 g/mol. The number of aromatic hydroxyl groups is 1. The molecule has 0 aliphatic carbocycles. The molecule has 0 saturated heterocycles. The van der Waals surface area contributed by atoms with Crippen LogP contribution in [0.4, 0.5) is 0 Å². The van der Waals surface area contributed by atoms with Crippen molar-refractivity contribution in [2.24, 2.45) is 5.73 Å². The number of aryl methyl sites for hydroxylation is 1. The summed E-state index contributed by atoms with van der Waals surface area (Å²) in [6, 6.07) is 13.5. The Bertz CT molecular complexity index is 1670. The molecule has 0 aliphatic heterocycles. The number of amides is 1. The van der Waals surface area contributed by atoms with E-state index in [9.17, 15) is 24.6 Å². The van der Waals surface area contributed by atoms with Crippen molar-refractivity contribution in [3.8, 4) is 5.88 Å². The van der Waals surface area contributed by atoms with E-state index in [-0.39, 0.29) is 29.7 Å². The molecule has 0 spiro atoms. The largest absolute Gasteiger partial charge is 0.492 e. The minimum atomic E-state index is -1.28. The van der Waals surface area contributed by atoms with Crippen molar-refractivity contribution in [1.82, 2.24) is 24.7 Å². The lowest BCUT2D eigenvalue weighted by atomic mass is 10.1. The van der Waals surface area contributed by atoms with Crippen LogP contribution in [0.25, 0.3) is 16.9 Å². The molecule has 5 N–H and O–H groups in total. The van der Waals surface area contributed by atoms with Crippen molar-refractivity contribution in [1.29, 1.82) is 0 Å². The van der Waals surface area contributed by atoms with Crippen LogP contribution in [-0.4, -0.2) is 54.5 Å². The molecule has 0 atom stereocenters. The van der Waals surface area contributed by atoms with Gasteiger partial charge in [0, 0.05) is 26.1 Å². The van der Waals surface area contributed by atoms with Crippen LogP contribution in [0.5, 0.6) is 5.88 Å². The van der Waals surface area contributed by atoms with Crippen LogP contribution in [-0.2, 0) is 17.8 Å². The van der Waals surface area contributed by atoms with Gasteiger partial charge >= 0.3 is 11.9 Å². The second kappa shape index (κ2) is 11.4. The summed E-state index contributed by atoms with van der Waals surface area (Å²) in [4.78, 5) is 46.7. The van der Waals surface area contributed by atoms with Crippen LogP contribution in [0.3, 0.4) is 0 Å². The number of esters is 1. The van der Waals surface area contributed by atoms with Gasteiger partial charge in [0.25, 0.3) is 5.91 Å². The Labute approximate surface area is 220 Å². The quantitative estimate of drug-likeness (QED) is 0.234. The lowest BCUT2D eigenvalue weighted by Gasteiger charge is -2.07. The molecule has 0 saturated carbocycles. The zero-order chi connectivity index (χ0) is 28.1. The van der Waals surface area contributed by atoms with Gasteiger partial charge in [0.1, 0.15) is 16.9 Å². The summed E-state index contributed by atoms with van der Waals surface area (Å²) >= 11 is 0. The normalized spacial score (nSPS) is 10.6. The highest BCUT2D eigenvalue weighted by molar-refractivity contribution is 5.96. The average molecular weight is 533 g/mol. The van der Waals surface area contributed by atoms with Crippen LogP contribution < -0.4 is 11.1 Å². The van der Waals surface area contributed by atoms with Crippen LogP contribution in [0, 0.1) is 6.92 Å². The molecule has 0 aliphatic rings. The summed E-state index contributed by atoms with van der Waals surface area (Å²) in [5, 5.41) is 21.4. The number of imidazole rings is 1. The number of nitrogens with two attached hydrogens (primary N) is 1. The number of rotatable bonds is 6. The zero-order valence-electron chi connectivity index (χ0n) is 20.9. The van der Waals surface area contributed by atoms with Crippen molar-refractivity contribution in [2.45, 2.75) is 20.0 Å². The van der Waals surface area contributed by atoms with E-state index >= 15 is 0 Å². The summed E-state index contributed by atoms with van der Waals surface area (Å²) in [5.41, 5.74) is 8.71. The number of aromatic carboxylic acids is 1. The van der Waals surface area contributed by atoms with Gasteiger partial charge < -0.3 is 30.4 Å². The van der Waals surface area contributed by atoms with Crippen LogP contribution in [0.1, 0.15) is 48.4 Å². The third kappa shape index (κ3) is 6.17. The van der Waals surface area contributed by atoms with Crippen molar-refractivity contribution < 1.29 is 33.8 Å². The van der Waals surface area contributed by atoms with E-state index in [2.05, 4.69) is 25.0 Å². The van der Waals surface area contributed by atoms with E-state index < -0.39 is 17.8 Å². The molecule has 1 amide bonds. The van der Waals surface area contributed by atoms with Crippen molar-refractivity contribution in [3.05, 3.63) is 88.7 Å². The number of carboxylic acids is 1. The van der Waals surface area contributed by atoms with Gasteiger partial charge in [0.15, 0.2) is 11.5 Å². The second-order valence-corrected chi connectivity index (χ2v) is 8.21. The van der Waals surface area contributed by atoms with Gasteiger partial charge in [-0.3, -0.25) is 9.20 Å². The van der Waals surface area contributed by atoms with E-state index in [0.717, 1.165) is 27.8 Å². The first-order chi connectivity index (χ1) is 18.7. The van der Waals surface area contributed by atoms with Crippen molar-refractivity contribution in [2.75, 3.05) is 7.11 Å². The van der Waals surface area contributed by atoms with E-state index in [1.54, 1.807) is 37.3 Å². The van der Waals surface area contributed by atoms with Crippen molar-refractivity contribution >= 4 is 34.7 Å². The molecule has 39 heavy (non-hydrogen) atoms. The third-order valence-electron chi connectivity index (χ3n) is 5.50. The molecule has 0 unspecified atom stereocenters. The number of carbonyl (C=O) groups excluding carboxylic acids is 2. The number of carbonyl (C=O) groups is 3. The Morgan fingerprint density at radius 3 is 2.44 bits per heavy atom. The van der Waals surface area contributed by atoms with Crippen LogP contribution in [0.15, 0.2) is 59.1 Å². The highest BCUT2D eigenvalue weighted by atomic mass is 16.5. The molecule has 0 fully saturated rings. The van der Waals surface area contributed by atoms with Gasteiger partial charge in [0.05, 0.1) is 18.9 Å². The van der Waals surface area contributed by atoms with E-state index in [0.29, 0.717) is 29.1 Å². The number of nitrogens with one attached hydrogen (secondary N) is 1. The summed E-state index contributed by atoms with van der Waals surface area (Å²) < 4.78 is 11.0. The van der Waals surface area contributed by atoms with Crippen LogP contribution in [0.2, 0.25) is 0 Å². The highest BCUT2D eigenvalue weighted by Gasteiger charge is 2.18. The van der Waals surface area contributed by atoms with Gasteiger partial charge in [-0.1, -0.05) is 18.2 Å². The van der Waals surface area contributed by atoms with Gasteiger partial charge in [-0.2, -0.15) is 4.98 Å². The van der Waals surface area contributed by atoms with E-state index in [1.807, 2.05) is 12.1 Å². The number of ether oxygens (including phenoxy) is 1. The topological polar surface area (TPSA) is 195 Å². The highest BCUT2D eigenvalue weighted by Crippen LogP contribution is 2.17. The summed E-state index contributed by atoms with van der Waals surface area (Å²) in [7, 11) is 1.36. The number of carboxylic acid groups (broad SMARTS) is 1. The molecule has 2 aromatic carbocycles. The molecule has 3 aromatic heterocycles. The predicted octanol–water partition coefficient (Wildman–Crippen LogP) is 2.44. The zero-order valence-corrected chi connectivity index (χ0v) is 20.9. The standard InChI is InChI=1S/C17H13N5O5.C9H11NO2/c1-8-19-10-4-9(2-3-13(10)27-8)6-18-15(24)11-5-12(16(25)26)22-7-14(23)21-17(22)20-11;1-12-9(11)8-4-2-7(6-10)3-5-8/h2-5,7,23H,6H2,1H3,(H,18,24)(H,25,26);2-5H,6,10H2,1H3. The SMILES string of the molecule is COC(=O)c1ccc(CN)cc1.Cc1nc2cc(CNC(=O)c3cc(C(=O)O)n4cc(O)nc4n3)ccc2o1. The van der Waals surface area contributed by atoms with Gasteiger partial charge in [-0.25, -0.2) is 19.6 Å². The van der Waals surface area contributed by atoms with Gasteiger partial charge in [-0.05, 0) is 35.4 Å². The average Bonchev–Trinajstić information content (AvgIpc) is 3.50. The molecule has 0 bridgehead atoms. The number of oxazole rings is 1. The molecule has 0 radical (unpaired) electrons. The van der Waals surface area contributed by atoms with E-state index in [1.165, 1.54) is 7.11 Å². The summed E-state index contributed by atoms with van der Waals surface area (Å²) in [6.45, 7) is 2.42. The molecule has 200 valence electrons.